The number of anilines is 1. The maximum Gasteiger partial charge on any atom is 0.352 e. The van der Waals surface area contributed by atoms with Gasteiger partial charge in [0, 0.05) is 22.8 Å². The molecule has 1 unspecified atom stereocenters. The van der Waals surface area contributed by atoms with E-state index in [1.54, 1.807) is 11.3 Å². The molecule has 3 aromatic heterocycles. The van der Waals surface area contributed by atoms with Gasteiger partial charge in [-0.1, -0.05) is 10.3 Å². The Morgan fingerprint density at radius 3 is 2.83 bits per heavy atom. The lowest BCUT2D eigenvalue weighted by molar-refractivity contribution is -0.687. The van der Waals surface area contributed by atoms with Crippen LogP contribution in [0.2, 0.25) is 0 Å². The molecule has 0 saturated carbocycles. The van der Waals surface area contributed by atoms with Crippen LogP contribution in [0.5, 0.6) is 0 Å². The Labute approximate surface area is 233 Å². The van der Waals surface area contributed by atoms with Crippen molar-refractivity contribution < 1.29 is 38.2 Å². The number of rotatable bonds is 9. The normalized spacial score (nSPS) is 19.3. The molecule has 0 bridgehead atoms. The molecule has 0 aliphatic carbocycles. The Balaban J connectivity index is 1.36. The molecule has 6 N–H and O–H groups in total. The second-order valence-electron chi connectivity index (χ2n) is 9.34. The molecule has 2 atom stereocenters. The Kier molecular flexibility index (Phi) is 6.92. The molecule has 3 aromatic rings. The molecule has 40 heavy (non-hydrogen) atoms. The second kappa shape index (κ2) is 10.2. The molecule has 15 nitrogen and oxygen atoms in total. The smallest absolute Gasteiger partial charge is 0.352 e. The first kappa shape index (κ1) is 27.1. The second-order valence-corrected chi connectivity index (χ2v) is 11.4. The van der Waals surface area contributed by atoms with Gasteiger partial charge in [-0.2, -0.15) is 9.55 Å². The summed E-state index contributed by atoms with van der Waals surface area (Å²) in [5, 5.41) is 22.1. The van der Waals surface area contributed by atoms with Gasteiger partial charge < -0.3 is 31.3 Å². The van der Waals surface area contributed by atoms with Gasteiger partial charge in [0.05, 0.1) is 4.70 Å². The number of hydrogen-bond donors (Lipinski definition) is 4. The fraction of sp³-hybridized carbons (Fsp3) is 0.304. The van der Waals surface area contributed by atoms with Crippen molar-refractivity contribution in [3.05, 3.63) is 47.0 Å². The lowest BCUT2D eigenvalue weighted by atomic mass is 10.0. The summed E-state index contributed by atoms with van der Waals surface area (Å²) in [6.07, 6.45) is 3.78. The highest BCUT2D eigenvalue weighted by Gasteiger charge is 2.55. The summed E-state index contributed by atoms with van der Waals surface area (Å²) < 4.78 is 7.62. The standard InChI is InChI=1S/C23H22N8O7S2/c1-23(2,21(24)36)38-28-13(16-27-22(25)37-29-16)17(32)26-14-18(33)31-15(20(34)35)11(9-40-19(14)31)7-30-5-3-10-4-6-39-12(10)8-30/h3-6,8,14,19H,7,9H2,1-2H3,(H5-,24,25,26,27,29,32,34,35,36)/p+1/t14?,19-/m0/s1. The highest BCUT2D eigenvalue weighted by Crippen LogP contribution is 2.40. The van der Waals surface area contributed by atoms with Gasteiger partial charge in [-0.15, -0.1) is 23.1 Å². The van der Waals surface area contributed by atoms with Crippen LogP contribution < -0.4 is 21.4 Å². The average Bonchev–Trinajstić information content (AvgIpc) is 3.55. The van der Waals surface area contributed by atoms with Crippen molar-refractivity contribution in [2.75, 3.05) is 11.5 Å². The third-order valence-corrected chi connectivity index (χ3v) is 8.40. The first-order valence-corrected chi connectivity index (χ1v) is 13.6. The Hall–Kier alpha value is -4.51. The number of aliphatic carboxylic acids is 1. The number of aromatic nitrogens is 3. The number of carboxylic acid groups (broad SMARTS) is 1. The van der Waals surface area contributed by atoms with E-state index in [4.69, 9.17) is 20.8 Å². The number of carbonyl (C=O) groups excluding carboxylic acids is 3. The summed E-state index contributed by atoms with van der Waals surface area (Å²) in [6, 6.07) is 2.49. The number of primary amides is 1. The number of nitrogens with zero attached hydrogens (tertiary/aromatic N) is 5. The van der Waals surface area contributed by atoms with Crippen LogP contribution in [0.15, 0.2) is 50.9 Å². The lowest BCUT2D eigenvalue weighted by Gasteiger charge is -2.49. The molecule has 2 aliphatic rings. The third-order valence-electron chi connectivity index (χ3n) is 6.19. The van der Waals surface area contributed by atoms with Crippen molar-refractivity contribution in [2.24, 2.45) is 10.9 Å². The van der Waals surface area contributed by atoms with Crippen molar-refractivity contribution in [3.63, 3.8) is 0 Å². The number of β-lactam (4-membered cyclic amide) rings is 1. The summed E-state index contributed by atoms with van der Waals surface area (Å²) in [5.74, 6) is -3.71. The predicted molar refractivity (Wildman–Crippen MR) is 141 cm³/mol. The maximum atomic E-state index is 13.2. The van der Waals surface area contributed by atoms with Gasteiger partial charge >= 0.3 is 12.0 Å². The van der Waals surface area contributed by atoms with Gasteiger partial charge in [0.15, 0.2) is 18.9 Å². The molecular formula is C23H23N8O7S2+. The first-order chi connectivity index (χ1) is 19.0. The summed E-state index contributed by atoms with van der Waals surface area (Å²) in [6.45, 7) is 2.94. The number of amides is 3. The van der Waals surface area contributed by atoms with Crippen molar-refractivity contribution in [3.8, 4) is 0 Å². The SMILES string of the molecule is CC(C)(ON=C(C(=O)NC1C(=O)N2C(C(=O)O)=C(C[n+]3ccc4ccsc4c3)CS[C@@H]12)c1noc(N)n1)C(N)=O. The Morgan fingerprint density at radius 2 is 2.15 bits per heavy atom. The minimum atomic E-state index is -1.59. The number of nitrogens with one attached hydrogen (secondary N) is 1. The van der Waals surface area contributed by atoms with Crippen molar-refractivity contribution in [1.29, 1.82) is 0 Å². The highest BCUT2D eigenvalue weighted by molar-refractivity contribution is 8.00. The van der Waals surface area contributed by atoms with Crippen LogP contribution >= 0.6 is 23.1 Å². The maximum absolute atomic E-state index is 13.2. The van der Waals surface area contributed by atoms with Crippen LogP contribution in [0.3, 0.4) is 0 Å². The number of thioether (sulfide) groups is 1. The number of pyridine rings is 1. The minimum Gasteiger partial charge on any atom is -0.477 e. The van der Waals surface area contributed by atoms with E-state index in [0.717, 1.165) is 15.0 Å². The molecule has 1 saturated heterocycles. The minimum absolute atomic E-state index is 0.121. The third kappa shape index (κ3) is 4.95. The van der Waals surface area contributed by atoms with Crippen molar-refractivity contribution >= 4 is 68.6 Å². The number of fused-ring (bicyclic) bond motifs is 2. The fourth-order valence-corrected chi connectivity index (χ4v) is 6.16. The molecule has 208 valence electrons. The van der Waals surface area contributed by atoms with Crippen LogP contribution in [0, 0.1) is 0 Å². The van der Waals surface area contributed by atoms with E-state index in [0.29, 0.717) is 11.3 Å². The van der Waals surface area contributed by atoms with Gasteiger partial charge in [-0.05, 0) is 25.3 Å². The van der Waals surface area contributed by atoms with Crippen LogP contribution in [0.25, 0.3) is 10.1 Å². The van der Waals surface area contributed by atoms with E-state index in [2.05, 4.69) is 20.6 Å². The average molecular weight is 588 g/mol. The van der Waals surface area contributed by atoms with Gasteiger partial charge in [0.1, 0.15) is 17.1 Å². The molecule has 5 rings (SSSR count). The molecule has 2 aliphatic heterocycles. The van der Waals surface area contributed by atoms with Gasteiger partial charge in [-0.25, -0.2) is 4.79 Å². The van der Waals surface area contributed by atoms with E-state index < -0.39 is 46.4 Å². The molecule has 3 amide bonds. The number of carboxylic acids is 1. The summed E-state index contributed by atoms with van der Waals surface area (Å²) in [7, 11) is 0. The summed E-state index contributed by atoms with van der Waals surface area (Å²) >= 11 is 2.88. The quantitative estimate of drug-likeness (QED) is 0.109. The fourth-order valence-electron chi connectivity index (χ4n) is 4.00. The van der Waals surface area contributed by atoms with E-state index in [1.807, 2.05) is 34.5 Å². The zero-order valence-electron chi connectivity index (χ0n) is 21.1. The first-order valence-electron chi connectivity index (χ1n) is 11.7. The largest absolute Gasteiger partial charge is 0.477 e. The zero-order chi connectivity index (χ0) is 28.8. The van der Waals surface area contributed by atoms with E-state index in [9.17, 15) is 24.3 Å². The van der Waals surface area contributed by atoms with Crippen LogP contribution in [0.4, 0.5) is 6.01 Å². The molecular weight excluding hydrogens is 564 g/mol. The molecule has 0 spiro atoms. The highest BCUT2D eigenvalue weighted by atomic mass is 32.2. The molecule has 0 aromatic carbocycles. The Morgan fingerprint density at radius 1 is 1.38 bits per heavy atom. The molecule has 0 radical (unpaired) electrons. The molecule has 17 heteroatoms. The molecule has 5 heterocycles. The van der Waals surface area contributed by atoms with Gasteiger partial charge in [0.25, 0.3) is 17.7 Å². The Bertz CT molecular complexity index is 1610. The zero-order valence-corrected chi connectivity index (χ0v) is 22.7. The number of oxime groups is 1. The van der Waals surface area contributed by atoms with Crippen molar-refractivity contribution in [1.82, 2.24) is 20.4 Å². The van der Waals surface area contributed by atoms with E-state index >= 15 is 0 Å². The number of carbonyl (C=O) groups is 4. The summed E-state index contributed by atoms with van der Waals surface area (Å²) in [4.78, 5) is 60.2. The number of hydrogen-bond acceptors (Lipinski definition) is 12. The monoisotopic (exact) mass is 587 g/mol. The predicted octanol–water partition coefficient (Wildman–Crippen LogP) is -0.423. The van der Waals surface area contributed by atoms with E-state index in [1.165, 1.54) is 25.6 Å². The topological polar surface area (TPSA) is 220 Å². The van der Waals surface area contributed by atoms with Crippen LogP contribution in [-0.2, 0) is 30.6 Å². The van der Waals surface area contributed by atoms with Gasteiger partial charge in [0.2, 0.25) is 17.1 Å². The van der Waals surface area contributed by atoms with Crippen LogP contribution in [-0.4, -0.2) is 72.3 Å². The van der Waals surface area contributed by atoms with Gasteiger partial charge in [-0.3, -0.25) is 19.3 Å². The summed E-state index contributed by atoms with van der Waals surface area (Å²) in [5.41, 5.74) is 9.06. The number of nitrogens with two attached hydrogens (primary N) is 2. The number of thiophene rings is 1. The van der Waals surface area contributed by atoms with Crippen LogP contribution in [0.1, 0.15) is 19.7 Å². The number of nitrogen functional groups attached to an aromatic ring is 1. The van der Waals surface area contributed by atoms with Crippen molar-refractivity contribution in [2.45, 2.75) is 37.4 Å². The van der Waals surface area contributed by atoms with E-state index in [-0.39, 0.29) is 24.1 Å². The lowest BCUT2D eigenvalue weighted by Crippen LogP contribution is -2.71. The molecule has 1 fully saturated rings.